The second-order valence-electron chi connectivity index (χ2n) is 3.43. The molecule has 1 aromatic carbocycles. The molecule has 0 atom stereocenters. The standard InChI is InChI=1S/C11H8F2N4O/c12-7-1-8(13)10(2-9(7)14)17-11(18)6-3-15-5-16-4-6/h1-5H,14H2,(H,17,18). The number of rotatable bonds is 2. The fraction of sp³-hybridized carbons (Fsp3) is 0. The third-order valence-electron chi connectivity index (χ3n) is 2.16. The van der Waals surface area contributed by atoms with Gasteiger partial charge in [-0.25, -0.2) is 18.7 Å². The first-order valence-electron chi connectivity index (χ1n) is 4.89. The maximum Gasteiger partial charge on any atom is 0.258 e. The van der Waals surface area contributed by atoms with Crippen molar-refractivity contribution in [2.24, 2.45) is 0 Å². The number of nitrogens with zero attached hydrogens (tertiary/aromatic N) is 2. The summed E-state index contributed by atoms with van der Waals surface area (Å²) >= 11 is 0. The van der Waals surface area contributed by atoms with Crippen LogP contribution in [0.3, 0.4) is 0 Å². The summed E-state index contributed by atoms with van der Waals surface area (Å²) in [4.78, 5) is 19.0. The zero-order valence-corrected chi connectivity index (χ0v) is 9.02. The molecule has 0 spiro atoms. The molecule has 0 aliphatic rings. The van der Waals surface area contributed by atoms with Gasteiger partial charge in [0.15, 0.2) is 0 Å². The molecule has 0 aliphatic heterocycles. The largest absolute Gasteiger partial charge is 0.396 e. The minimum Gasteiger partial charge on any atom is -0.396 e. The molecule has 3 N–H and O–H groups in total. The molecule has 18 heavy (non-hydrogen) atoms. The van der Waals surface area contributed by atoms with E-state index < -0.39 is 17.5 Å². The maximum absolute atomic E-state index is 13.4. The minimum atomic E-state index is -0.910. The number of benzene rings is 1. The van der Waals surface area contributed by atoms with Crippen LogP contribution in [0.4, 0.5) is 20.2 Å². The Morgan fingerprint density at radius 2 is 1.83 bits per heavy atom. The summed E-state index contributed by atoms with van der Waals surface area (Å²) in [7, 11) is 0. The van der Waals surface area contributed by atoms with E-state index in [4.69, 9.17) is 5.73 Å². The van der Waals surface area contributed by atoms with Crippen LogP contribution in [-0.2, 0) is 0 Å². The molecule has 0 saturated heterocycles. The van der Waals surface area contributed by atoms with Crippen molar-refractivity contribution in [2.75, 3.05) is 11.1 Å². The van der Waals surface area contributed by atoms with E-state index in [1.807, 2.05) is 0 Å². The normalized spacial score (nSPS) is 10.1. The molecule has 7 heteroatoms. The van der Waals surface area contributed by atoms with E-state index in [0.29, 0.717) is 6.07 Å². The first-order chi connectivity index (χ1) is 8.58. The van der Waals surface area contributed by atoms with Crippen LogP contribution < -0.4 is 11.1 Å². The number of carbonyl (C=O) groups is 1. The summed E-state index contributed by atoms with van der Waals surface area (Å²) in [6.45, 7) is 0. The molecule has 1 amide bonds. The SMILES string of the molecule is Nc1cc(NC(=O)c2cncnc2)c(F)cc1F. The second kappa shape index (κ2) is 4.74. The van der Waals surface area contributed by atoms with Crippen LogP contribution in [0.1, 0.15) is 10.4 Å². The lowest BCUT2D eigenvalue weighted by molar-refractivity contribution is 0.102. The predicted molar refractivity (Wildman–Crippen MR) is 60.8 cm³/mol. The number of amides is 1. The predicted octanol–water partition coefficient (Wildman–Crippen LogP) is 1.59. The maximum atomic E-state index is 13.4. The van der Waals surface area contributed by atoms with Gasteiger partial charge in [0.25, 0.3) is 5.91 Å². The van der Waals surface area contributed by atoms with Gasteiger partial charge in [-0.15, -0.1) is 0 Å². The average Bonchev–Trinajstić information content (AvgIpc) is 2.37. The Morgan fingerprint density at radius 1 is 1.17 bits per heavy atom. The molecule has 0 aliphatic carbocycles. The van der Waals surface area contributed by atoms with Gasteiger partial charge >= 0.3 is 0 Å². The van der Waals surface area contributed by atoms with Crippen molar-refractivity contribution in [3.8, 4) is 0 Å². The zero-order valence-electron chi connectivity index (χ0n) is 9.02. The molecule has 92 valence electrons. The summed E-state index contributed by atoms with van der Waals surface area (Å²) in [5, 5.41) is 2.25. The third kappa shape index (κ3) is 2.40. The van der Waals surface area contributed by atoms with Gasteiger partial charge in [0.2, 0.25) is 0 Å². The van der Waals surface area contributed by atoms with Gasteiger partial charge in [0.1, 0.15) is 18.0 Å². The highest BCUT2D eigenvalue weighted by atomic mass is 19.1. The molecule has 0 unspecified atom stereocenters. The highest BCUT2D eigenvalue weighted by Gasteiger charge is 2.12. The highest BCUT2D eigenvalue weighted by Crippen LogP contribution is 2.21. The van der Waals surface area contributed by atoms with Crippen molar-refractivity contribution in [3.05, 3.63) is 48.1 Å². The fourth-order valence-electron chi connectivity index (χ4n) is 1.27. The third-order valence-corrected chi connectivity index (χ3v) is 2.16. The van der Waals surface area contributed by atoms with E-state index in [-0.39, 0.29) is 16.9 Å². The van der Waals surface area contributed by atoms with Gasteiger partial charge in [-0.3, -0.25) is 4.79 Å². The fourth-order valence-corrected chi connectivity index (χ4v) is 1.27. The number of hydrogen-bond donors (Lipinski definition) is 2. The Labute approximate surface area is 101 Å². The van der Waals surface area contributed by atoms with Crippen LogP contribution in [0, 0.1) is 11.6 Å². The summed E-state index contributed by atoms with van der Waals surface area (Å²) in [5.74, 6) is -2.40. The Kier molecular flexibility index (Phi) is 3.13. The first-order valence-corrected chi connectivity index (χ1v) is 4.89. The molecular formula is C11H8F2N4O. The summed E-state index contributed by atoms with van der Waals surface area (Å²) in [6.07, 6.45) is 3.80. The van der Waals surface area contributed by atoms with Crippen LogP contribution in [0.15, 0.2) is 30.9 Å². The summed E-state index contributed by atoms with van der Waals surface area (Å²) < 4.78 is 26.3. The molecule has 0 radical (unpaired) electrons. The Balaban J connectivity index is 2.25. The molecule has 1 heterocycles. The van der Waals surface area contributed by atoms with E-state index in [0.717, 1.165) is 6.07 Å². The lowest BCUT2D eigenvalue weighted by atomic mass is 10.2. The van der Waals surface area contributed by atoms with Crippen molar-refractivity contribution in [2.45, 2.75) is 0 Å². The van der Waals surface area contributed by atoms with Gasteiger partial charge in [-0.05, 0) is 6.07 Å². The summed E-state index contributed by atoms with van der Waals surface area (Å²) in [5.41, 5.74) is 4.98. The second-order valence-corrected chi connectivity index (χ2v) is 3.43. The average molecular weight is 250 g/mol. The van der Waals surface area contributed by atoms with Crippen LogP contribution >= 0.6 is 0 Å². The molecule has 0 bridgehead atoms. The Bertz CT molecular complexity index is 589. The monoisotopic (exact) mass is 250 g/mol. The van der Waals surface area contributed by atoms with E-state index in [1.54, 1.807) is 0 Å². The molecule has 2 aromatic rings. The smallest absolute Gasteiger partial charge is 0.258 e. The van der Waals surface area contributed by atoms with Crippen molar-refractivity contribution >= 4 is 17.3 Å². The van der Waals surface area contributed by atoms with E-state index in [1.165, 1.54) is 18.7 Å². The molecule has 0 fully saturated rings. The number of halogens is 2. The van der Waals surface area contributed by atoms with Gasteiger partial charge in [-0.1, -0.05) is 0 Å². The Morgan fingerprint density at radius 3 is 2.50 bits per heavy atom. The van der Waals surface area contributed by atoms with Gasteiger partial charge in [0.05, 0.1) is 16.9 Å². The molecular weight excluding hydrogens is 242 g/mol. The molecule has 0 saturated carbocycles. The van der Waals surface area contributed by atoms with Gasteiger partial charge < -0.3 is 11.1 Å². The number of nitrogens with one attached hydrogen (secondary N) is 1. The minimum absolute atomic E-state index is 0.153. The van der Waals surface area contributed by atoms with Crippen LogP contribution in [0.2, 0.25) is 0 Å². The molecule has 5 nitrogen and oxygen atoms in total. The number of anilines is 2. The van der Waals surface area contributed by atoms with Crippen molar-refractivity contribution in [1.82, 2.24) is 9.97 Å². The van der Waals surface area contributed by atoms with Crippen molar-refractivity contribution in [1.29, 1.82) is 0 Å². The van der Waals surface area contributed by atoms with Crippen LogP contribution in [0.25, 0.3) is 0 Å². The first kappa shape index (κ1) is 11.9. The number of nitrogens with two attached hydrogens (primary N) is 1. The zero-order chi connectivity index (χ0) is 13.1. The topological polar surface area (TPSA) is 80.9 Å². The van der Waals surface area contributed by atoms with Crippen LogP contribution in [0.5, 0.6) is 0 Å². The van der Waals surface area contributed by atoms with E-state index >= 15 is 0 Å². The number of aromatic nitrogens is 2. The number of nitrogen functional groups attached to an aromatic ring is 1. The Hall–Kier alpha value is -2.57. The lowest BCUT2D eigenvalue weighted by Crippen LogP contribution is -2.14. The number of hydrogen-bond acceptors (Lipinski definition) is 4. The summed E-state index contributed by atoms with van der Waals surface area (Å²) in [6, 6.07) is 1.61. The van der Waals surface area contributed by atoms with E-state index in [2.05, 4.69) is 15.3 Å². The van der Waals surface area contributed by atoms with Gasteiger partial charge in [0, 0.05) is 18.5 Å². The van der Waals surface area contributed by atoms with Gasteiger partial charge in [-0.2, -0.15) is 0 Å². The highest BCUT2D eigenvalue weighted by molar-refractivity contribution is 6.04. The van der Waals surface area contributed by atoms with Crippen molar-refractivity contribution < 1.29 is 13.6 Å². The molecule has 2 rings (SSSR count). The quantitative estimate of drug-likeness (QED) is 0.793. The van der Waals surface area contributed by atoms with Crippen molar-refractivity contribution in [3.63, 3.8) is 0 Å². The van der Waals surface area contributed by atoms with E-state index in [9.17, 15) is 13.6 Å². The number of carbonyl (C=O) groups excluding carboxylic acids is 1. The lowest BCUT2D eigenvalue weighted by Gasteiger charge is -2.07. The van der Waals surface area contributed by atoms with Crippen LogP contribution in [-0.4, -0.2) is 15.9 Å². The molecule has 1 aromatic heterocycles.